The molecule has 36 heavy (non-hydrogen) atoms. The van der Waals surface area contributed by atoms with Gasteiger partial charge in [0, 0.05) is 40.7 Å². The van der Waals surface area contributed by atoms with E-state index in [1.165, 1.54) is 7.11 Å². The molecule has 2 aromatic carbocycles. The number of carbonyl (C=O) groups excluding carboxylic acids is 2. The van der Waals surface area contributed by atoms with E-state index in [1.54, 1.807) is 13.0 Å². The van der Waals surface area contributed by atoms with Crippen LogP contribution in [-0.2, 0) is 32.4 Å². The van der Waals surface area contributed by atoms with E-state index < -0.39 is 29.3 Å². The zero-order valence-corrected chi connectivity index (χ0v) is 21.7. The number of methoxy groups -OCH3 is 1. The molecule has 0 aromatic heterocycles. The van der Waals surface area contributed by atoms with Crippen LogP contribution in [0.4, 0.5) is 0 Å². The molecule has 1 N–H and O–H groups in total. The second kappa shape index (κ2) is 11.3. The van der Waals surface area contributed by atoms with Crippen molar-refractivity contribution in [2.45, 2.75) is 45.4 Å². The number of hydrogen-bond acceptors (Lipinski definition) is 8. The lowest BCUT2D eigenvalue weighted by atomic mass is 9.60. The van der Waals surface area contributed by atoms with Crippen molar-refractivity contribution < 1.29 is 29.2 Å². The lowest BCUT2D eigenvalue weighted by Crippen LogP contribution is -2.61. The van der Waals surface area contributed by atoms with Gasteiger partial charge in [0.1, 0.15) is 6.61 Å². The number of aliphatic carboxylic acids is 1. The van der Waals surface area contributed by atoms with Crippen LogP contribution in [0.1, 0.15) is 42.9 Å². The molecule has 0 saturated carbocycles. The molecule has 4 rings (SSSR count). The second-order valence-corrected chi connectivity index (χ2v) is 9.31. The summed E-state index contributed by atoms with van der Waals surface area (Å²) < 4.78 is 5.11. The van der Waals surface area contributed by atoms with Crippen molar-refractivity contribution in [3.05, 3.63) is 76.5 Å². The number of carbonyl (C=O) groups is 2. The number of allylic oxidation sites excluding steroid dienone is 1. The summed E-state index contributed by atoms with van der Waals surface area (Å²) in [6.45, 7) is 4.95. The van der Waals surface area contributed by atoms with Gasteiger partial charge in [0.2, 0.25) is 0 Å². The Hall–Kier alpha value is -3.07. The largest absolute Gasteiger partial charge is 0.549 e. The van der Waals surface area contributed by atoms with Gasteiger partial charge in [-0.15, -0.1) is 12.4 Å². The highest BCUT2D eigenvalue weighted by Crippen LogP contribution is 2.53. The molecule has 9 heteroatoms. The maximum Gasteiger partial charge on any atom is 0.336 e. The van der Waals surface area contributed by atoms with Gasteiger partial charge in [0.15, 0.2) is 5.75 Å². The minimum Gasteiger partial charge on any atom is -0.549 e. The molecule has 0 fully saturated rings. The van der Waals surface area contributed by atoms with Gasteiger partial charge in [0.05, 0.1) is 18.7 Å². The first kappa shape index (κ1) is 27.5. The summed E-state index contributed by atoms with van der Waals surface area (Å²) in [6.07, 6.45) is 0.232. The molecule has 2 aliphatic heterocycles. The summed E-state index contributed by atoms with van der Waals surface area (Å²) in [4.78, 5) is 38.9. The van der Waals surface area contributed by atoms with Crippen molar-refractivity contribution in [2.24, 2.45) is 5.41 Å². The highest BCUT2D eigenvalue weighted by atomic mass is 35.5. The molecule has 0 spiro atoms. The molecule has 2 aliphatic rings. The Labute approximate surface area is 217 Å². The summed E-state index contributed by atoms with van der Waals surface area (Å²) >= 11 is 0. The summed E-state index contributed by atoms with van der Waals surface area (Å²) in [5, 5.41) is 16.3. The van der Waals surface area contributed by atoms with E-state index in [4.69, 9.17) is 14.5 Å². The molecule has 8 nitrogen and oxygen atoms in total. The molecule has 2 heterocycles. The van der Waals surface area contributed by atoms with Crippen molar-refractivity contribution >= 4 is 24.3 Å². The van der Waals surface area contributed by atoms with E-state index >= 15 is 0 Å². The number of nitrogens with zero attached hydrogens (tertiary/aromatic N) is 1. The predicted molar refractivity (Wildman–Crippen MR) is 134 cm³/mol. The molecule has 0 amide bonds. The molecule has 194 valence electrons. The number of carboxylic acid groups (broad SMARTS) is 1. The summed E-state index contributed by atoms with van der Waals surface area (Å²) in [5.74, 6) is -2.24. The quantitative estimate of drug-likeness (QED) is 0.423. The normalized spacial score (nSPS) is 22.8. The highest BCUT2D eigenvalue weighted by Gasteiger charge is 2.53. The maximum absolute atomic E-state index is 13.1. The maximum atomic E-state index is 13.1. The van der Waals surface area contributed by atoms with Gasteiger partial charge in [-0.2, -0.15) is 4.89 Å². The first-order chi connectivity index (χ1) is 16.8. The average Bonchev–Trinajstić information content (AvgIpc) is 3.32. The highest BCUT2D eigenvalue weighted by molar-refractivity contribution is 5.94. The van der Waals surface area contributed by atoms with Crippen LogP contribution in [0.2, 0.25) is 0 Å². The van der Waals surface area contributed by atoms with Crippen LogP contribution in [0.15, 0.2) is 59.8 Å². The van der Waals surface area contributed by atoms with Gasteiger partial charge < -0.3 is 29.7 Å². The van der Waals surface area contributed by atoms with Crippen LogP contribution >= 0.6 is 12.4 Å². The summed E-state index contributed by atoms with van der Waals surface area (Å²) in [5.41, 5.74) is 1.85. The van der Waals surface area contributed by atoms with Gasteiger partial charge in [0.25, 0.3) is 0 Å². The van der Waals surface area contributed by atoms with Crippen molar-refractivity contribution in [3.63, 3.8) is 0 Å². The number of esters is 1. The number of rotatable bonds is 8. The van der Waals surface area contributed by atoms with E-state index in [-0.39, 0.29) is 31.0 Å². The SMILES string of the molecule is COC(=O)C1=C(C)NC(C)C(CCN(C)Cc2ccccc2)(C(=O)[O-])C1c1cccc2c1OOC2.Cl. The number of nitrogens with one attached hydrogen (secondary N) is 1. The van der Waals surface area contributed by atoms with Gasteiger partial charge in [-0.25, -0.2) is 4.79 Å². The Bertz CT molecular complexity index is 1140. The number of benzene rings is 2. The zero-order chi connectivity index (χ0) is 25.2. The zero-order valence-electron chi connectivity index (χ0n) is 20.9. The van der Waals surface area contributed by atoms with Crippen molar-refractivity contribution in [1.29, 1.82) is 0 Å². The lowest BCUT2D eigenvalue weighted by molar-refractivity contribution is -0.322. The van der Waals surface area contributed by atoms with E-state index in [1.807, 2.05) is 56.4 Å². The van der Waals surface area contributed by atoms with Gasteiger partial charge in [-0.1, -0.05) is 48.5 Å². The Morgan fingerprint density at radius 2 is 1.92 bits per heavy atom. The first-order valence-electron chi connectivity index (χ1n) is 11.7. The molecular formula is C27H32ClN2O6-. The summed E-state index contributed by atoms with van der Waals surface area (Å²) in [6, 6.07) is 14.9. The predicted octanol–water partition coefficient (Wildman–Crippen LogP) is 2.71. The van der Waals surface area contributed by atoms with Crippen LogP contribution in [-0.4, -0.2) is 43.6 Å². The minimum atomic E-state index is -1.46. The first-order valence-corrected chi connectivity index (χ1v) is 11.7. The Kier molecular flexibility index (Phi) is 8.66. The second-order valence-electron chi connectivity index (χ2n) is 9.31. The van der Waals surface area contributed by atoms with Crippen molar-refractivity contribution in [2.75, 3.05) is 20.7 Å². The third-order valence-electron chi connectivity index (χ3n) is 7.20. The molecular weight excluding hydrogens is 484 g/mol. The van der Waals surface area contributed by atoms with E-state index in [9.17, 15) is 14.7 Å². The Balaban J connectivity index is 0.00000361. The minimum absolute atomic E-state index is 0. The van der Waals surface area contributed by atoms with Crippen molar-refractivity contribution in [1.82, 2.24) is 10.2 Å². The standard InChI is InChI=1S/C27H32N2O6.ClH/c1-17-22(25(30)33-4)23(21-12-8-11-20-16-34-35-24(20)21)27(26(31)32,18(2)28-17)13-14-29(3)15-19-9-6-5-7-10-19;/h5-12,18,23,28H,13-16H2,1-4H3,(H,31,32);1H/p-1. The Morgan fingerprint density at radius 3 is 2.58 bits per heavy atom. The van der Waals surface area contributed by atoms with Crippen LogP contribution < -0.4 is 15.3 Å². The molecule has 2 aromatic rings. The van der Waals surface area contributed by atoms with Crippen molar-refractivity contribution in [3.8, 4) is 5.75 Å². The van der Waals surface area contributed by atoms with Crippen LogP contribution in [0.5, 0.6) is 5.75 Å². The number of fused-ring (bicyclic) bond motifs is 1. The van der Waals surface area contributed by atoms with E-state index in [0.29, 0.717) is 30.1 Å². The van der Waals surface area contributed by atoms with E-state index in [0.717, 1.165) is 11.1 Å². The topological polar surface area (TPSA) is 100 Å². The fraction of sp³-hybridized carbons (Fsp3) is 0.407. The molecule has 0 radical (unpaired) electrons. The third-order valence-corrected chi connectivity index (χ3v) is 7.20. The smallest absolute Gasteiger partial charge is 0.336 e. The molecule has 3 unspecified atom stereocenters. The summed E-state index contributed by atoms with van der Waals surface area (Å²) in [7, 11) is 3.24. The average molecular weight is 516 g/mol. The Morgan fingerprint density at radius 1 is 1.19 bits per heavy atom. The number of halogens is 1. The number of carboxylic acids is 1. The van der Waals surface area contributed by atoms with E-state index in [2.05, 4.69) is 10.2 Å². The molecule has 0 bridgehead atoms. The van der Waals surface area contributed by atoms with Gasteiger partial charge in [-0.05, 0) is 39.4 Å². The van der Waals surface area contributed by atoms with Gasteiger partial charge in [-0.3, -0.25) is 0 Å². The number of hydrogen-bond donors (Lipinski definition) is 1. The molecule has 3 atom stereocenters. The number of para-hydroxylation sites is 1. The fourth-order valence-corrected chi connectivity index (χ4v) is 5.38. The third kappa shape index (κ3) is 4.93. The van der Waals surface area contributed by atoms with Crippen LogP contribution in [0, 0.1) is 5.41 Å². The molecule has 0 saturated heterocycles. The monoisotopic (exact) mass is 515 g/mol. The van der Waals surface area contributed by atoms with Gasteiger partial charge >= 0.3 is 5.97 Å². The molecule has 0 aliphatic carbocycles. The van der Waals surface area contributed by atoms with Crippen LogP contribution in [0.3, 0.4) is 0 Å². The lowest BCUT2D eigenvalue weighted by Gasteiger charge is -2.51. The number of ether oxygens (including phenoxy) is 1. The van der Waals surface area contributed by atoms with Crippen LogP contribution in [0.25, 0.3) is 0 Å². The fourth-order valence-electron chi connectivity index (χ4n) is 5.38.